The number of halogens is 2. The van der Waals surface area contributed by atoms with Crippen molar-refractivity contribution in [2.24, 2.45) is 5.41 Å². The summed E-state index contributed by atoms with van der Waals surface area (Å²) < 4.78 is 23.5. The van der Waals surface area contributed by atoms with Gasteiger partial charge in [-0.1, -0.05) is 0 Å². The molecule has 0 aromatic carbocycles. The first-order chi connectivity index (χ1) is 5.90. The van der Waals surface area contributed by atoms with E-state index in [4.69, 9.17) is 0 Å². The molecule has 78 valence electrons. The number of hydrogen-bond donors (Lipinski definition) is 2. The van der Waals surface area contributed by atoms with Gasteiger partial charge in [0.25, 0.3) is 6.43 Å². The van der Waals surface area contributed by atoms with Crippen LogP contribution in [-0.2, 0) is 4.79 Å². The second-order valence-electron chi connectivity index (χ2n) is 3.48. The van der Waals surface area contributed by atoms with Crippen LogP contribution in [0, 0.1) is 5.41 Å². The Morgan fingerprint density at radius 3 is 2.38 bits per heavy atom. The Hall–Kier alpha value is -0.710. The summed E-state index contributed by atoms with van der Waals surface area (Å²) >= 11 is 0. The molecule has 0 saturated carbocycles. The normalized spacial score (nSPS) is 11.8. The average molecular weight is 194 g/mol. The van der Waals surface area contributed by atoms with E-state index in [1.54, 1.807) is 13.8 Å². The fraction of sp³-hybridized carbons (Fsp3) is 0.875. The molecule has 13 heavy (non-hydrogen) atoms. The van der Waals surface area contributed by atoms with E-state index in [0.717, 1.165) is 0 Å². The molecule has 0 aromatic rings. The van der Waals surface area contributed by atoms with Crippen LogP contribution in [0.25, 0.3) is 0 Å². The number of nitrogens with one attached hydrogen (secondary N) is 2. The Morgan fingerprint density at radius 2 is 2.00 bits per heavy atom. The first-order valence-corrected chi connectivity index (χ1v) is 4.11. The predicted molar refractivity (Wildman–Crippen MR) is 46.7 cm³/mol. The lowest BCUT2D eigenvalue weighted by Gasteiger charge is -2.22. The fourth-order valence-electron chi connectivity index (χ4n) is 0.912. The van der Waals surface area contributed by atoms with Crippen molar-refractivity contribution < 1.29 is 13.6 Å². The van der Waals surface area contributed by atoms with Gasteiger partial charge in [-0.2, -0.15) is 0 Å². The first kappa shape index (κ1) is 12.3. The van der Waals surface area contributed by atoms with Crippen molar-refractivity contribution in [1.82, 2.24) is 10.6 Å². The van der Waals surface area contributed by atoms with Crippen molar-refractivity contribution >= 4 is 5.91 Å². The van der Waals surface area contributed by atoms with Gasteiger partial charge in [0.1, 0.15) is 0 Å². The maximum atomic E-state index is 11.7. The molecule has 0 unspecified atom stereocenters. The third-order valence-corrected chi connectivity index (χ3v) is 1.71. The number of alkyl halides is 2. The summed E-state index contributed by atoms with van der Waals surface area (Å²) in [6, 6.07) is 0. The zero-order valence-electron chi connectivity index (χ0n) is 8.16. The Labute approximate surface area is 76.9 Å². The molecule has 0 fully saturated rings. The molecule has 0 aliphatic heterocycles. The van der Waals surface area contributed by atoms with Gasteiger partial charge < -0.3 is 10.6 Å². The maximum absolute atomic E-state index is 11.7. The van der Waals surface area contributed by atoms with Crippen molar-refractivity contribution in [3.63, 3.8) is 0 Å². The van der Waals surface area contributed by atoms with Crippen molar-refractivity contribution in [2.45, 2.75) is 20.3 Å². The maximum Gasteiger partial charge on any atom is 0.250 e. The molecule has 2 N–H and O–H groups in total. The van der Waals surface area contributed by atoms with E-state index in [1.807, 2.05) is 0 Å². The molecule has 0 heterocycles. The topological polar surface area (TPSA) is 41.1 Å². The molecule has 5 heteroatoms. The minimum atomic E-state index is -2.37. The SMILES string of the molecule is CNC(=O)C(C)(C)CNCC(F)F. The fourth-order valence-corrected chi connectivity index (χ4v) is 0.912. The Bertz CT molecular complexity index is 172. The standard InChI is InChI=1S/C8H16F2N2O/c1-8(2,7(13)11-3)5-12-4-6(9)10/h6,12H,4-5H2,1-3H3,(H,11,13). The second kappa shape index (κ2) is 5.11. The highest BCUT2D eigenvalue weighted by Crippen LogP contribution is 2.12. The molecule has 0 atom stereocenters. The van der Waals surface area contributed by atoms with Gasteiger partial charge in [-0.3, -0.25) is 4.79 Å². The van der Waals surface area contributed by atoms with Crippen molar-refractivity contribution in [1.29, 1.82) is 0 Å². The van der Waals surface area contributed by atoms with Crippen LogP contribution >= 0.6 is 0 Å². The van der Waals surface area contributed by atoms with Gasteiger partial charge in [0, 0.05) is 13.6 Å². The van der Waals surface area contributed by atoms with E-state index in [2.05, 4.69) is 10.6 Å². The number of amides is 1. The molecule has 0 rings (SSSR count). The monoisotopic (exact) mass is 194 g/mol. The molecule has 0 saturated heterocycles. The van der Waals surface area contributed by atoms with Crippen LogP contribution in [0.3, 0.4) is 0 Å². The smallest absolute Gasteiger partial charge is 0.250 e. The molecular formula is C8H16F2N2O. The number of carbonyl (C=O) groups excluding carboxylic acids is 1. The van der Waals surface area contributed by atoms with E-state index < -0.39 is 11.8 Å². The number of hydrogen-bond acceptors (Lipinski definition) is 2. The number of rotatable bonds is 5. The van der Waals surface area contributed by atoms with Crippen LogP contribution in [0.5, 0.6) is 0 Å². The molecule has 3 nitrogen and oxygen atoms in total. The lowest BCUT2D eigenvalue weighted by atomic mass is 9.92. The highest BCUT2D eigenvalue weighted by molar-refractivity contribution is 5.81. The summed E-state index contributed by atoms with van der Waals surface area (Å²) in [5.41, 5.74) is -0.649. The third-order valence-electron chi connectivity index (χ3n) is 1.71. The second-order valence-corrected chi connectivity index (χ2v) is 3.48. The summed E-state index contributed by atoms with van der Waals surface area (Å²) in [6.45, 7) is 3.27. The average Bonchev–Trinajstić information content (AvgIpc) is 2.01. The van der Waals surface area contributed by atoms with E-state index in [1.165, 1.54) is 7.05 Å². The lowest BCUT2D eigenvalue weighted by molar-refractivity contribution is -0.128. The van der Waals surface area contributed by atoms with Crippen molar-refractivity contribution in [3.05, 3.63) is 0 Å². The highest BCUT2D eigenvalue weighted by atomic mass is 19.3. The van der Waals surface area contributed by atoms with Gasteiger partial charge in [-0.25, -0.2) is 8.78 Å². The molecule has 0 aliphatic carbocycles. The van der Waals surface area contributed by atoms with Crippen LogP contribution in [0.1, 0.15) is 13.8 Å². The third kappa shape index (κ3) is 4.77. The zero-order chi connectivity index (χ0) is 10.5. The molecule has 0 aromatic heterocycles. The Kier molecular flexibility index (Phi) is 4.83. The summed E-state index contributed by atoms with van der Waals surface area (Å²) in [4.78, 5) is 11.2. The van der Waals surface area contributed by atoms with E-state index >= 15 is 0 Å². The van der Waals surface area contributed by atoms with Gasteiger partial charge in [-0.05, 0) is 13.8 Å². The summed E-state index contributed by atoms with van der Waals surface area (Å²) in [6.07, 6.45) is -2.37. The van der Waals surface area contributed by atoms with Gasteiger partial charge in [0.2, 0.25) is 5.91 Å². The zero-order valence-corrected chi connectivity index (χ0v) is 8.16. The Balaban J connectivity index is 3.82. The van der Waals surface area contributed by atoms with Gasteiger partial charge >= 0.3 is 0 Å². The molecular weight excluding hydrogens is 178 g/mol. The minimum absolute atomic E-state index is 0.158. The van der Waals surface area contributed by atoms with E-state index in [0.29, 0.717) is 0 Å². The molecule has 0 spiro atoms. The Morgan fingerprint density at radius 1 is 1.46 bits per heavy atom. The van der Waals surface area contributed by atoms with Crippen LogP contribution in [0.15, 0.2) is 0 Å². The highest BCUT2D eigenvalue weighted by Gasteiger charge is 2.26. The first-order valence-electron chi connectivity index (χ1n) is 4.11. The molecule has 1 amide bonds. The molecule has 0 radical (unpaired) electrons. The summed E-state index contributed by atoms with van der Waals surface area (Å²) in [5, 5.41) is 5.01. The van der Waals surface area contributed by atoms with Gasteiger partial charge in [0.05, 0.1) is 12.0 Å². The van der Waals surface area contributed by atoms with Crippen LogP contribution in [0.2, 0.25) is 0 Å². The van der Waals surface area contributed by atoms with Crippen molar-refractivity contribution in [2.75, 3.05) is 20.1 Å². The largest absolute Gasteiger partial charge is 0.359 e. The van der Waals surface area contributed by atoms with Crippen molar-refractivity contribution in [3.8, 4) is 0 Å². The summed E-state index contributed by atoms with van der Waals surface area (Å²) in [7, 11) is 1.52. The number of carbonyl (C=O) groups is 1. The van der Waals surface area contributed by atoms with Gasteiger partial charge in [-0.15, -0.1) is 0 Å². The van der Waals surface area contributed by atoms with E-state index in [9.17, 15) is 13.6 Å². The van der Waals surface area contributed by atoms with Gasteiger partial charge in [0.15, 0.2) is 0 Å². The minimum Gasteiger partial charge on any atom is -0.359 e. The van der Waals surface area contributed by atoms with E-state index in [-0.39, 0.29) is 19.0 Å². The van der Waals surface area contributed by atoms with Crippen LogP contribution < -0.4 is 10.6 Å². The quantitative estimate of drug-likeness (QED) is 0.673. The molecule has 0 bridgehead atoms. The molecule has 0 aliphatic rings. The summed E-state index contributed by atoms with van der Waals surface area (Å²) in [5.74, 6) is -0.158. The van der Waals surface area contributed by atoms with Crippen LogP contribution in [0.4, 0.5) is 8.78 Å². The lowest BCUT2D eigenvalue weighted by Crippen LogP contribution is -2.43. The predicted octanol–water partition coefficient (Wildman–Crippen LogP) is 0.613. The van der Waals surface area contributed by atoms with Crippen LogP contribution in [-0.4, -0.2) is 32.5 Å².